The van der Waals surface area contributed by atoms with Gasteiger partial charge in [-0.3, -0.25) is 0 Å². The van der Waals surface area contributed by atoms with Gasteiger partial charge in [-0.05, 0) is 12.1 Å². The van der Waals surface area contributed by atoms with Crippen molar-refractivity contribution in [1.29, 1.82) is 5.26 Å². The Morgan fingerprint density at radius 1 is 1.50 bits per heavy atom. The zero-order chi connectivity index (χ0) is 10.1. The molecule has 0 amide bonds. The van der Waals surface area contributed by atoms with Crippen LogP contribution in [0.25, 0.3) is 10.1 Å². The molecule has 1 aromatic carbocycles. The van der Waals surface area contributed by atoms with E-state index in [2.05, 4.69) is 0 Å². The summed E-state index contributed by atoms with van der Waals surface area (Å²) in [6, 6.07) is 5.27. The average molecular weight is 207 g/mol. The molecule has 0 fully saturated rings. The van der Waals surface area contributed by atoms with Crippen LogP contribution in [0.15, 0.2) is 17.5 Å². The third-order valence-electron chi connectivity index (χ3n) is 1.98. The molecule has 0 N–H and O–H groups in total. The molecule has 0 aliphatic rings. The van der Waals surface area contributed by atoms with Gasteiger partial charge in [0.1, 0.15) is 6.07 Å². The van der Waals surface area contributed by atoms with Gasteiger partial charge in [-0.1, -0.05) is 0 Å². The first kappa shape index (κ1) is 8.97. The number of nitrogens with zero attached hydrogens (tertiary/aromatic N) is 1. The van der Waals surface area contributed by atoms with E-state index in [0.29, 0.717) is 10.9 Å². The van der Waals surface area contributed by atoms with Crippen molar-refractivity contribution < 1.29 is 9.13 Å². The zero-order valence-corrected chi connectivity index (χ0v) is 8.19. The van der Waals surface area contributed by atoms with Crippen LogP contribution in [0.2, 0.25) is 0 Å². The zero-order valence-electron chi connectivity index (χ0n) is 7.37. The van der Waals surface area contributed by atoms with E-state index in [0.717, 1.165) is 4.70 Å². The van der Waals surface area contributed by atoms with Crippen molar-refractivity contribution in [2.75, 3.05) is 7.11 Å². The van der Waals surface area contributed by atoms with Crippen LogP contribution < -0.4 is 4.74 Å². The summed E-state index contributed by atoms with van der Waals surface area (Å²) < 4.78 is 19.3. The van der Waals surface area contributed by atoms with E-state index in [1.165, 1.54) is 18.4 Å². The van der Waals surface area contributed by atoms with Gasteiger partial charge in [0, 0.05) is 15.5 Å². The first-order chi connectivity index (χ1) is 6.77. The minimum Gasteiger partial charge on any atom is -0.494 e. The maximum atomic E-state index is 13.7. The number of fused-ring (bicyclic) bond motifs is 1. The SMILES string of the molecule is COc1ccc2scc(C#N)c2c1F. The molecule has 2 rings (SSSR count). The molecule has 0 bridgehead atoms. The number of nitriles is 1. The van der Waals surface area contributed by atoms with E-state index in [4.69, 9.17) is 10.00 Å². The highest BCUT2D eigenvalue weighted by Gasteiger charge is 2.12. The number of ether oxygens (including phenoxy) is 1. The molecule has 0 radical (unpaired) electrons. The highest BCUT2D eigenvalue weighted by atomic mass is 32.1. The molecule has 0 aliphatic carbocycles. The number of rotatable bonds is 1. The molecular formula is C10H6FNOS. The molecule has 1 aromatic heterocycles. The van der Waals surface area contributed by atoms with Crippen molar-refractivity contribution in [2.45, 2.75) is 0 Å². The smallest absolute Gasteiger partial charge is 0.175 e. The molecule has 2 nitrogen and oxygen atoms in total. The van der Waals surface area contributed by atoms with Crippen molar-refractivity contribution in [2.24, 2.45) is 0 Å². The second-order valence-corrected chi connectivity index (χ2v) is 3.63. The number of benzene rings is 1. The van der Waals surface area contributed by atoms with Crippen molar-refractivity contribution in [3.8, 4) is 11.8 Å². The topological polar surface area (TPSA) is 33.0 Å². The average Bonchev–Trinajstić information content (AvgIpc) is 2.62. The maximum absolute atomic E-state index is 13.7. The van der Waals surface area contributed by atoms with Crippen molar-refractivity contribution in [1.82, 2.24) is 0 Å². The molecule has 2 aromatic rings. The molecule has 0 saturated heterocycles. The van der Waals surface area contributed by atoms with Gasteiger partial charge in [0.2, 0.25) is 0 Å². The first-order valence-electron chi connectivity index (χ1n) is 3.91. The molecule has 1 heterocycles. The number of thiophene rings is 1. The number of hydrogen-bond donors (Lipinski definition) is 0. The Morgan fingerprint density at radius 3 is 2.93 bits per heavy atom. The summed E-state index contributed by atoms with van der Waals surface area (Å²) in [4.78, 5) is 0. The van der Waals surface area contributed by atoms with Crippen molar-refractivity contribution >= 4 is 21.4 Å². The molecule has 4 heteroatoms. The Bertz CT molecular complexity index is 527. The van der Waals surface area contributed by atoms with E-state index in [1.807, 2.05) is 6.07 Å². The van der Waals surface area contributed by atoms with Gasteiger partial charge in [0.15, 0.2) is 11.6 Å². The largest absolute Gasteiger partial charge is 0.494 e. The lowest BCUT2D eigenvalue weighted by atomic mass is 10.2. The minimum atomic E-state index is -0.456. The normalized spacial score (nSPS) is 10.1. The van der Waals surface area contributed by atoms with Crippen LogP contribution in [0.3, 0.4) is 0 Å². The lowest BCUT2D eigenvalue weighted by Gasteiger charge is -2.01. The van der Waals surface area contributed by atoms with Gasteiger partial charge in [-0.25, -0.2) is 4.39 Å². The molecule has 14 heavy (non-hydrogen) atoms. The molecule has 70 valence electrons. The van der Waals surface area contributed by atoms with Gasteiger partial charge >= 0.3 is 0 Å². The van der Waals surface area contributed by atoms with Gasteiger partial charge < -0.3 is 4.74 Å². The summed E-state index contributed by atoms with van der Waals surface area (Å²) in [6.45, 7) is 0. The van der Waals surface area contributed by atoms with Crippen LogP contribution in [0.1, 0.15) is 5.56 Å². The molecule has 0 aliphatic heterocycles. The second kappa shape index (κ2) is 3.28. The number of methoxy groups -OCH3 is 1. The molecule has 0 unspecified atom stereocenters. The predicted octanol–water partition coefficient (Wildman–Crippen LogP) is 2.92. The Kier molecular flexibility index (Phi) is 2.10. The lowest BCUT2D eigenvalue weighted by Crippen LogP contribution is -1.88. The Hall–Kier alpha value is -1.60. The summed E-state index contributed by atoms with van der Waals surface area (Å²) in [5, 5.41) is 10.8. The first-order valence-corrected chi connectivity index (χ1v) is 4.79. The summed E-state index contributed by atoms with van der Waals surface area (Å²) >= 11 is 1.35. The van der Waals surface area contributed by atoms with E-state index >= 15 is 0 Å². The molecule has 0 saturated carbocycles. The van der Waals surface area contributed by atoms with Crippen LogP contribution in [-0.4, -0.2) is 7.11 Å². The molecular weight excluding hydrogens is 201 g/mol. The summed E-state index contributed by atoms with van der Waals surface area (Å²) in [7, 11) is 1.41. The van der Waals surface area contributed by atoms with Crippen LogP contribution >= 0.6 is 11.3 Å². The highest BCUT2D eigenvalue weighted by Crippen LogP contribution is 2.32. The predicted molar refractivity (Wildman–Crippen MR) is 53.1 cm³/mol. The van der Waals surface area contributed by atoms with Crippen LogP contribution in [-0.2, 0) is 0 Å². The van der Waals surface area contributed by atoms with Crippen LogP contribution in [0, 0.1) is 17.1 Å². The quantitative estimate of drug-likeness (QED) is 0.720. The Labute approximate surface area is 84.2 Å². The monoisotopic (exact) mass is 207 g/mol. The maximum Gasteiger partial charge on any atom is 0.175 e. The van der Waals surface area contributed by atoms with E-state index in [9.17, 15) is 4.39 Å². The summed E-state index contributed by atoms with van der Waals surface area (Å²) in [5.74, 6) is -0.282. The van der Waals surface area contributed by atoms with E-state index in [1.54, 1.807) is 17.5 Å². The van der Waals surface area contributed by atoms with Gasteiger partial charge in [0.25, 0.3) is 0 Å². The third-order valence-corrected chi connectivity index (χ3v) is 2.93. The third kappa shape index (κ3) is 1.14. The fourth-order valence-electron chi connectivity index (χ4n) is 1.31. The van der Waals surface area contributed by atoms with Crippen LogP contribution in [0.5, 0.6) is 5.75 Å². The fourth-order valence-corrected chi connectivity index (χ4v) is 2.19. The fraction of sp³-hybridized carbons (Fsp3) is 0.100. The highest BCUT2D eigenvalue weighted by molar-refractivity contribution is 7.17. The van der Waals surface area contributed by atoms with Crippen LogP contribution in [0.4, 0.5) is 4.39 Å². The van der Waals surface area contributed by atoms with Gasteiger partial charge in [-0.2, -0.15) is 5.26 Å². The van der Waals surface area contributed by atoms with Gasteiger partial charge in [0.05, 0.1) is 12.7 Å². The summed E-state index contributed by atoms with van der Waals surface area (Å²) in [5.41, 5.74) is 0.362. The minimum absolute atomic E-state index is 0.174. The van der Waals surface area contributed by atoms with Gasteiger partial charge in [-0.15, -0.1) is 11.3 Å². The Balaban J connectivity index is 2.85. The molecule has 0 atom stereocenters. The van der Waals surface area contributed by atoms with E-state index < -0.39 is 5.82 Å². The summed E-state index contributed by atoms with van der Waals surface area (Å²) in [6.07, 6.45) is 0. The standard InChI is InChI=1S/C10H6FNOS/c1-13-7-2-3-8-9(10(7)11)6(4-12)5-14-8/h2-3,5H,1H3. The number of hydrogen-bond acceptors (Lipinski definition) is 3. The van der Waals surface area contributed by atoms with Crippen molar-refractivity contribution in [3.63, 3.8) is 0 Å². The Morgan fingerprint density at radius 2 is 2.29 bits per heavy atom. The van der Waals surface area contributed by atoms with E-state index in [-0.39, 0.29) is 5.75 Å². The van der Waals surface area contributed by atoms with Crippen molar-refractivity contribution in [3.05, 3.63) is 28.9 Å². The molecule has 0 spiro atoms. The number of halogens is 1. The lowest BCUT2D eigenvalue weighted by molar-refractivity contribution is 0.389. The second-order valence-electron chi connectivity index (χ2n) is 2.72.